The van der Waals surface area contributed by atoms with Crippen LogP contribution in [-0.2, 0) is 4.74 Å². The van der Waals surface area contributed by atoms with E-state index in [-0.39, 0.29) is 11.5 Å². The van der Waals surface area contributed by atoms with Crippen LogP contribution in [0.25, 0.3) is 0 Å². The maximum Gasteiger partial charge on any atom is 0.0746 e. The molecule has 1 saturated carbocycles. The van der Waals surface area contributed by atoms with Crippen molar-refractivity contribution < 1.29 is 9.84 Å². The maximum absolute atomic E-state index is 10.4. The predicted molar refractivity (Wildman–Crippen MR) is 69.0 cm³/mol. The average Bonchev–Trinajstić information content (AvgIpc) is 2.56. The van der Waals surface area contributed by atoms with Gasteiger partial charge in [-0.1, -0.05) is 13.8 Å². The van der Waals surface area contributed by atoms with Crippen molar-refractivity contribution in [2.75, 3.05) is 26.8 Å². The Morgan fingerprint density at radius 2 is 1.88 bits per heavy atom. The molecule has 2 fully saturated rings. The second-order valence-corrected chi connectivity index (χ2v) is 6.53. The second-order valence-electron chi connectivity index (χ2n) is 6.53. The Labute approximate surface area is 105 Å². The van der Waals surface area contributed by atoms with Gasteiger partial charge in [-0.25, -0.2) is 0 Å². The number of aliphatic hydroxyl groups excluding tert-OH is 1. The van der Waals surface area contributed by atoms with Crippen LogP contribution in [0.4, 0.5) is 0 Å². The first-order chi connectivity index (χ1) is 8.00. The van der Waals surface area contributed by atoms with Crippen LogP contribution in [0.3, 0.4) is 0 Å². The van der Waals surface area contributed by atoms with Gasteiger partial charge in [0.1, 0.15) is 0 Å². The molecule has 1 aliphatic heterocycles. The van der Waals surface area contributed by atoms with Gasteiger partial charge in [-0.15, -0.1) is 0 Å². The summed E-state index contributed by atoms with van der Waals surface area (Å²) in [5.74, 6) is 0.754. The lowest BCUT2D eigenvalue weighted by atomic mass is 9.88. The molecule has 1 saturated heterocycles. The van der Waals surface area contributed by atoms with E-state index in [9.17, 15) is 5.11 Å². The number of nitrogens with zero attached hydrogens (tertiary/aromatic N) is 1. The lowest BCUT2D eigenvalue weighted by Gasteiger charge is -2.34. The highest BCUT2D eigenvalue weighted by Gasteiger charge is 2.42. The molecule has 0 aromatic carbocycles. The van der Waals surface area contributed by atoms with E-state index < -0.39 is 0 Å². The van der Waals surface area contributed by atoms with Gasteiger partial charge in [0.15, 0.2) is 0 Å². The molecule has 3 heteroatoms. The zero-order chi connectivity index (χ0) is 12.5. The monoisotopic (exact) mass is 241 g/mol. The van der Waals surface area contributed by atoms with Crippen LogP contribution in [0, 0.1) is 11.3 Å². The first-order valence-corrected chi connectivity index (χ1v) is 6.97. The normalized spacial score (nSPS) is 34.4. The highest BCUT2D eigenvalue weighted by atomic mass is 16.5. The Balaban J connectivity index is 1.85. The van der Waals surface area contributed by atoms with Crippen molar-refractivity contribution in [1.29, 1.82) is 0 Å². The quantitative estimate of drug-likeness (QED) is 0.819. The minimum atomic E-state index is -0.174. The third-order valence-corrected chi connectivity index (χ3v) is 4.70. The van der Waals surface area contributed by atoms with Gasteiger partial charge in [0, 0.05) is 25.8 Å². The molecule has 0 spiro atoms. The van der Waals surface area contributed by atoms with E-state index in [2.05, 4.69) is 25.8 Å². The van der Waals surface area contributed by atoms with Crippen LogP contribution >= 0.6 is 0 Å². The van der Waals surface area contributed by atoms with Crippen molar-refractivity contribution in [3.63, 3.8) is 0 Å². The summed E-state index contributed by atoms with van der Waals surface area (Å²) in [7, 11) is 2.17. The Morgan fingerprint density at radius 1 is 1.24 bits per heavy atom. The topological polar surface area (TPSA) is 32.7 Å². The molecular formula is C14H27NO2. The molecule has 1 aliphatic carbocycles. The zero-order valence-electron chi connectivity index (χ0n) is 11.5. The number of hydrogen-bond acceptors (Lipinski definition) is 3. The molecule has 1 heterocycles. The third kappa shape index (κ3) is 3.01. The summed E-state index contributed by atoms with van der Waals surface area (Å²) in [5.41, 5.74) is 0.0919. The van der Waals surface area contributed by atoms with Crippen molar-refractivity contribution in [3.8, 4) is 0 Å². The number of ether oxygens (including phenoxy) is 1. The first kappa shape index (κ1) is 13.3. The van der Waals surface area contributed by atoms with Crippen LogP contribution < -0.4 is 0 Å². The van der Waals surface area contributed by atoms with Gasteiger partial charge in [0.05, 0.1) is 6.10 Å². The summed E-state index contributed by atoms with van der Waals surface area (Å²) in [5, 5.41) is 10.4. The van der Waals surface area contributed by atoms with E-state index in [1.807, 2.05) is 0 Å². The standard InChI is InChI=1S/C14H27NO2/c1-14(2)7-4-12(13(14)16)15(3)10-11-5-8-17-9-6-11/h11-13,16H,4-10H2,1-3H3. The Hall–Kier alpha value is -0.120. The Morgan fingerprint density at radius 3 is 2.41 bits per heavy atom. The van der Waals surface area contributed by atoms with Crippen molar-refractivity contribution in [1.82, 2.24) is 4.90 Å². The molecule has 0 bridgehead atoms. The van der Waals surface area contributed by atoms with E-state index >= 15 is 0 Å². The summed E-state index contributed by atoms with van der Waals surface area (Å²) in [6.45, 7) is 7.30. The summed E-state index contributed by atoms with van der Waals surface area (Å²) in [6.07, 6.45) is 4.45. The van der Waals surface area contributed by atoms with Gasteiger partial charge in [-0.05, 0) is 44.1 Å². The number of hydrogen-bond donors (Lipinski definition) is 1. The minimum Gasteiger partial charge on any atom is -0.391 e. The van der Waals surface area contributed by atoms with Crippen molar-refractivity contribution in [2.24, 2.45) is 11.3 Å². The molecule has 1 N–H and O–H groups in total. The van der Waals surface area contributed by atoms with Gasteiger partial charge in [-0.2, -0.15) is 0 Å². The van der Waals surface area contributed by atoms with Gasteiger partial charge in [0.2, 0.25) is 0 Å². The summed E-state index contributed by atoms with van der Waals surface area (Å²) in [6, 6.07) is 0.354. The van der Waals surface area contributed by atoms with Crippen molar-refractivity contribution >= 4 is 0 Å². The van der Waals surface area contributed by atoms with Crippen LogP contribution in [0.15, 0.2) is 0 Å². The zero-order valence-corrected chi connectivity index (χ0v) is 11.5. The van der Waals surface area contributed by atoms with E-state index in [1.165, 1.54) is 12.8 Å². The highest BCUT2D eigenvalue weighted by molar-refractivity contribution is 4.96. The Kier molecular flexibility index (Phi) is 4.11. The van der Waals surface area contributed by atoms with E-state index in [0.717, 1.165) is 38.5 Å². The van der Waals surface area contributed by atoms with Crippen molar-refractivity contribution in [2.45, 2.75) is 51.7 Å². The number of likely N-dealkylation sites (N-methyl/N-ethyl adjacent to an activating group) is 1. The van der Waals surface area contributed by atoms with E-state index in [0.29, 0.717) is 6.04 Å². The number of rotatable bonds is 3. The second kappa shape index (κ2) is 5.25. The maximum atomic E-state index is 10.4. The fourth-order valence-corrected chi connectivity index (χ4v) is 3.28. The minimum absolute atomic E-state index is 0.0919. The molecule has 17 heavy (non-hydrogen) atoms. The fraction of sp³-hybridized carbons (Fsp3) is 1.00. The molecular weight excluding hydrogens is 214 g/mol. The number of aliphatic hydroxyl groups is 1. The third-order valence-electron chi connectivity index (χ3n) is 4.70. The molecule has 0 aromatic rings. The van der Waals surface area contributed by atoms with E-state index in [1.54, 1.807) is 0 Å². The van der Waals surface area contributed by atoms with E-state index in [4.69, 9.17) is 4.74 Å². The molecule has 2 rings (SSSR count). The SMILES string of the molecule is CN(CC1CCOCC1)C1CCC(C)(C)C1O. The predicted octanol–water partition coefficient (Wildman–Crippen LogP) is 1.89. The lowest BCUT2D eigenvalue weighted by molar-refractivity contribution is 0.00620. The molecule has 3 nitrogen and oxygen atoms in total. The lowest BCUT2D eigenvalue weighted by Crippen LogP contribution is -2.44. The summed E-state index contributed by atoms with van der Waals surface area (Å²) >= 11 is 0. The summed E-state index contributed by atoms with van der Waals surface area (Å²) in [4.78, 5) is 2.38. The molecule has 2 atom stereocenters. The molecule has 0 radical (unpaired) electrons. The van der Waals surface area contributed by atoms with Gasteiger partial charge >= 0.3 is 0 Å². The van der Waals surface area contributed by atoms with Crippen LogP contribution in [0.1, 0.15) is 39.5 Å². The fourth-order valence-electron chi connectivity index (χ4n) is 3.28. The summed E-state index contributed by atoms with van der Waals surface area (Å²) < 4.78 is 5.39. The Bertz CT molecular complexity index is 249. The first-order valence-electron chi connectivity index (χ1n) is 6.97. The largest absolute Gasteiger partial charge is 0.391 e. The van der Waals surface area contributed by atoms with Gasteiger partial charge in [-0.3, -0.25) is 0 Å². The van der Waals surface area contributed by atoms with Crippen LogP contribution in [0.2, 0.25) is 0 Å². The molecule has 2 unspecified atom stereocenters. The molecule has 100 valence electrons. The van der Waals surface area contributed by atoms with Crippen LogP contribution in [0.5, 0.6) is 0 Å². The average molecular weight is 241 g/mol. The molecule has 2 aliphatic rings. The molecule has 0 aromatic heterocycles. The van der Waals surface area contributed by atoms with Crippen LogP contribution in [-0.4, -0.2) is 49.0 Å². The smallest absolute Gasteiger partial charge is 0.0746 e. The van der Waals surface area contributed by atoms with Gasteiger partial charge in [0.25, 0.3) is 0 Å². The molecule has 0 amide bonds. The van der Waals surface area contributed by atoms with Crippen molar-refractivity contribution in [3.05, 3.63) is 0 Å². The van der Waals surface area contributed by atoms with Gasteiger partial charge < -0.3 is 14.7 Å². The highest BCUT2D eigenvalue weighted by Crippen LogP contribution is 2.39.